The van der Waals surface area contributed by atoms with Crippen molar-refractivity contribution in [2.75, 3.05) is 13.1 Å². The molecule has 0 heterocycles. The zero-order valence-electron chi connectivity index (χ0n) is 13.1. The highest BCUT2D eigenvalue weighted by atomic mass is 19.4. The average Bonchev–Trinajstić information content (AvgIpc) is 2.79. The third-order valence-electron chi connectivity index (χ3n) is 4.18. The second-order valence-corrected chi connectivity index (χ2v) is 5.94. The van der Waals surface area contributed by atoms with Crippen LogP contribution in [0.5, 0.6) is 0 Å². The lowest BCUT2D eigenvalue weighted by Crippen LogP contribution is -2.37. The Kier molecular flexibility index (Phi) is 6.45. The van der Waals surface area contributed by atoms with Crippen LogP contribution in [0.4, 0.5) is 13.2 Å². The third kappa shape index (κ3) is 5.53. The van der Waals surface area contributed by atoms with Crippen molar-refractivity contribution in [1.82, 2.24) is 10.6 Å². The molecule has 0 aliphatic heterocycles. The molecule has 1 aromatic carbocycles. The van der Waals surface area contributed by atoms with Crippen LogP contribution >= 0.6 is 0 Å². The Balaban J connectivity index is 1.81. The minimum Gasteiger partial charge on any atom is -0.351 e. The van der Waals surface area contributed by atoms with Crippen LogP contribution in [-0.4, -0.2) is 25.0 Å². The zero-order chi connectivity index (χ0) is 16.7. The van der Waals surface area contributed by atoms with Crippen molar-refractivity contribution < 1.29 is 18.0 Å². The van der Waals surface area contributed by atoms with E-state index in [4.69, 9.17) is 0 Å². The number of hydrogen-bond acceptors (Lipinski definition) is 2. The number of hydrogen-bond donors (Lipinski definition) is 2. The number of carbonyl (C=O) groups is 1. The Labute approximate surface area is 134 Å². The van der Waals surface area contributed by atoms with Gasteiger partial charge in [-0.05, 0) is 25.0 Å². The fourth-order valence-corrected chi connectivity index (χ4v) is 2.96. The Morgan fingerprint density at radius 3 is 2.35 bits per heavy atom. The highest BCUT2D eigenvalue weighted by Gasteiger charge is 2.34. The predicted molar refractivity (Wildman–Crippen MR) is 83.3 cm³/mol. The highest BCUT2D eigenvalue weighted by Crippen LogP contribution is 2.31. The molecular weight excluding hydrogens is 305 g/mol. The molecule has 2 rings (SSSR count). The maximum atomic E-state index is 12.9. The van der Waals surface area contributed by atoms with Gasteiger partial charge in [0.25, 0.3) is 5.91 Å². The van der Waals surface area contributed by atoms with Gasteiger partial charge in [0.15, 0.2) is 0 Å². The van der Waals surface area contributed by atoms with Crippen LogP contribution in [0, 0.1) is 0 Å². The Morgan fingerprint density at radius 2 is 1.70 bits per heavy atom. The summed E-state index contributed by atoms with van der Waals surface area (Å²) < 4.78 is 38.7. The molecule has 0 atom stereocenters. The fraction of sp³-hybridized carbons (Fsp3) is 0.588. The number of amides is 1. The first-order chi connectivity index (χ1) is 11.0. The van der Waals surface area contributed by atoms with Gasteiger partial charge in [0.2, 0.25) is 0 Å². The van der Waals surface area contributed by atoms with Gasteiger partial charge in [0.05, 0.1) is 11.1 Å². The van der Waals surface area contributed by atoms with E-state index in [2.05, 4.69) is 10.6 Å². The molecular formula is C17H23F3N2O. The second-order valence-electron chi connectivity index (χ2n) is 5.94. The lowest BCUT2D eigenvalue weighted by atomic mass is 10.1. The summed E-state index contributed by atoms with van der Waals surface area (Å²) in [5.74, 6) is -0.680. The topological polar surface area (TPSA) is 41.1 Å². The summed E-state index contributed by atoms with van der Waals surface area (Å²) in [7, 11) is 0. The molecule has 128 valence electrons. The van der Waals surface area contributed by atoms with E-state index in [0.717, 1.165) is 18.9 Å². The molecule has 0 saturated heterocycles. The largest absolute Gasteiger partial charge is 0.417 e. The first-order valence-electron chi connectivity index (χ1n) is 8.16. The van der Waals surface area contributed by atoms with Crippen LogP contribution in [0.3, 0.4) is 0 Å². The van der Waals surface area contributed by atoms with Gasteiger partial charge in [-0.25, -0.2) is 0 Å². The predicted octanol–water partition coefficient (Wildman–Crippen LogP) is 3.75. The van der Waals surface area contributed by atoms with Gasteiger partial charge in [0, 0.05) is 19.1 Å². The van der Waals surface area contributed by atoms with Gasteiger partial charge < -0.3 is 10.6 Å². The molecule has 1 fully saturated rings. The summed E-state index contributed by atoms with van der Waals surface area (Å²) in [5, 5.41) is 5.94. The van der Waals surface area contributed by atoms with E-state index in [9.17, 15) is 18.0 Å². The van der Waals surface area contributed by atoms with Crippen molar-refractivity contribution in [3.8, 4) is 0 Å². The molecule has 0 unspecified atom stereocenters. The van der Waals surface area contributed by atoms with Crippen molar-refractivity contribution in [3.63, 3.8) is 0 Å². The number of benzene rings is 1. The minimum absolute atomic E-state index is 0.321. The quantitative estimate of drug-likeness (QED) is 0.638. The van der Waals surface area contributed by atoms with Crippen LogP contribution in [0.15, 0.2) is 24.3 Å². The van der Waals surface area contributed by atoms with Crippen molar-refractivity contribution in [1.29, 1.82) is 0 Å². The molecule has 1 aliphatic rings. The van der Waals surface area contributed by atoms with Gasteiger partial charge in [-0.3, -0.25) is 4.79 Å². The summed E-state index contributed by atoms with van der Waals surface area (Å²) in [6.45, 7) is 0.895. The molecule has 0 spiro atoms. The number of alkyl halides is 3. The van der Waals surface area contributed by atoms with Crippen molar-refractivity contribution in [3.05, 3.63) is 35.4 Å². The highest BCUT2D eigenvalue weighted by molar-refractivity contribution is 5.95. The normalized spacial score (nSPS) is 16.8. The lowest BCUT2D eigenvalue weighted by molar-refractivity contribution is -0.137. The van der Waals surface area contributed by atoms with Crippen LogP contribution < -0.4 is 10.6 Å². The van der Waals surface area contributed by atoms with Crippen LogP contribution in [0.2, 0.25) is 0 Å². The molecule has 0 aromatic heterocycles. The molecule has 1 amide bonds. The number of halogens is 3. The summed E-state index contributed by atoms with van der Waals surface area (Å²) in [5.41, 5.74) is -1.22. The van der Waals surface area contributed by atoms with Crippen molar-refractivity contribution in [2.45, 2.75) is 50.7 Å². The maximum Gasteiger partial charge on any atom is 0.417 e. The van der Waals surface area contributed by atoms with E-state index >= 15 is 0 Å². The van der Waals surface area contributed by atoms with E-state index in [1.54, 1.807) is 0 Å². The van der Waals surface area contributed by atoms with Crippen LogP contribution in [-0.2, 0) is 6.18 Å². The molecule has 23 heavy (non-hydrogen) atoms. The smallest absolute Gasteiger partial charge is 0.351 e. The minimum atomic E-state index is -4.52. The maximum absolute atomic E-state index is 12.9. The SMILES string of the molecule is O=C(NCCNC1CCCCCC1)c1ccccc1C(F)(F)F. The first-order valence-corrected chi connectivity index (χ1v) is 8.16. The van der Waals surface area contributed by atoms with Gasteiger partial charge in [0.1, 0.15) is 0 Å². The molecule has 0 radical (unpaired) electrons. The van der Waals surface area contributed by atoms with E-state index in [1.807, 2.05) is 0 Å². The van der Waals surface area contributed by atoms with Gasteiger partial charge in [-0.1, -0.05) is 37.8 Å². The monoisotopic (exact) mass is 328 g/mol. The lowest BCUT2D eigenvalue weighted by Gasteiger charge is -2.17. The Hall–Kier alpha value is -1.56. The van der Waals surface area contributed by atoms with Gasteiger partial charge in [-0.15, -0.1) is 0 Å². The van der Waals surface area contributed by atoms with Crippen LogP contribution in [0.1, 0.15) is 54.4 Å². The summed E-state index contributed by atoms with van der Waals surface area (Å²) >= 11 is 0. The standard InChI is InChI=1S/C17H23F3N2O/c18-17(19,20)15-10-6-5-9-14(15)16(23)22-12-11-21-13-7-3-1-2-4-8-13/h5-6,9-10,13,21H,1-4,7-8,11-12H2,(H,22,23). The number of carbonyl (C=O) groups excluding carboxylic acids is 1. The summed E-state index contributed by atoms with van der Waals surface area (Å²) in [4.78, 5) is 12.0. The first kappa shape index (κ1) is 17.8. The van der Waals surface area contributed by atoms with Gasteiger partial charge >= 0.3 is 6.18 Å². The van der Waals surface area contributed by atoms with Gasteiger partial charge in [-0.2, -0.15) is 13.2 Å². The molecule has 1 saturated carbocycles. The number of rotatable bonds is 5. The fourth-order valence-electron chi connectivity index (χ4n) is 2.96. The number of nitrogens with one attached hydrogen (secondary N) is 2. The third-order valence-corrected chi connectivity index (χ3v) is 4.18. The van der Waals surface area contributed by atoms with Crippen molar-refractivity contribution >= 4 is 5.91 Å². The van der Waals surface area contributed by atoms with E-state index in [1.165, 1.54) is 43.9 Å². The molecule has 1 aromatic rings. The average molecular weight is 328 g/mol. The molecule has 3 nitrogen and oxygen atoms in total. The van der Waals surface area contributed by atoms with E-state index < -0.39 is 17.6 Å². The molecule has 1 aliphatic carbocycles. The second kappa shape index (κ2) is 8.34. The van der Waals surface area contributed by atoms with E-state index in [-0.39, 0.29) is 5.56 Å². The molecule has 2 N–H and O–H groups in total. The van der Waals surface area contributed by atoms with E-state index in [0.29, 0.717) is 19.1 Å². The Bertz CT molecular complexity index is 509. The Morgan fingerprint density at radius 1 is 1.04 bits per heavy atom. The zero-order valence-corrected chi connectivity index (χ0v) is 13.1. The summed E-state index contributed by atoms with van der Waals surface area (Å²) in [6.07, 6.45) is 2.69. The molecule has 6 heteroatoms. The summed E-state index contributed by atoms with van der Waals surface area (Å²) in [6, 6.07) is 5.31. The van der Waals surface area contributed by atoms with Crippen LogP contribution in [0.25, 0.3) is 0 Å². The molecule has 0 bridgehead atoms. The van der Waals surface area contributed by atoms with Crippen molar-refractivity contribution in [2.24, 2.45) is 0 Å².